The Kier molecular flexibility index (Phi) is 20.0. The zero-order valence-electron chi connectivity index (χ0n) is 11.5. The predicted molar refractivity (Wildman–Crippen MR) is 70.9 cm³/mol. The van der Waals surface area contributed by atoms with Gasteiger partial charge in [0.2, 0.25) is 0 Å². The van der Waals surface area contributed by atoms with Crippen molar-refractivity contribution in [1.29, 1.82) is 0 Å². The molecular weight excluding hydrogens is 383 g/mol. The molecule has 0 aliphatic rings. The van der Waals surface area contributed by atoms with Gasteiger partial charge < -0.3 is 14.7 Å². The summed E-state index contributed by atoms with van der Waals surface area (Å²) in [6.07, 6.45) is 14.7. The molecule has 0 rings (SSSR count). The van der Waals surface area contributed by atoms with E-state index in [1.165, 1.54) is 105 Å². The second kappa shape index (κ2) is 16.5. The summed E-state index contributed by atoms with van der Waals surface area (Å²) < 4.78 is 10.4. The molecule has 0 saturated carbocycles. The van der Waals surface area contributed by atoms with Crippen molar-refractivity contribution < 1.29 is 58.0 Å². The van der Waals surface area contributed by atoms with Crippen LogP contribution < -0.4 is 0 Å². The molecule has 0 fully saturated rings. The van der Waals surface area contributed by atoms with Gasteiger partial charge in [0.15, 0.2) is 0 Å². The minimum Gasteiger partial charge on any atom is -0.303 e. The molecule has 109 valence electrons. The predicted octanol–water partition coefficient (Wildman–Crippen LogP) is 3.95. The number of hydrogen-bond donors (Lipinski definition) is 3. The van der Waals surface area contributed by atoms with Gasteiger partial charge in [-0.05, 0) is 0 Å². The third-order valence-electron chi connectivity index (χ3n) is 2.53. The molecule has 0 amide bonds. The van der Waals surface area contributed by atoms with Gasteiger partial charge in [-0.3, -0.25) is 0 Å². The van der Waals surface area contributed by atoms with Gasteiger partial charge >= 0.3 is 120 Å². The summed E-state index contributed by atoms with van der Waals surface area (Å²) in [6.45, 7) is 2.29. The molecule has 0 spiro atoms. The zero-order valence-corrected chi connectivity index (χ0v) is 15.6. The first-order valence-corrected chi connectivity index (χ1v) is 10.7. The van der Waals surface area contributed by atoms with E-state index in [0.29, 0.717) is 0 Å². The molecule has 4 nitrogen and oxygen atoms in total. The minimum absolute atomic E-state index is 1.38. The topological polar surface area (TPSA) is 77.8 Å². The Hall–Kier alpha value is 1.46. The van der Waals surface area contributed by atoms with Crippen LogP contribution in [0.25, 0.3) is 0 Å². The molecule has 0 aromatic carbocycles. The van der Waals surface area contributed by atoms with Crippen molar-refractivity contribution in [2.24, 2.45) is 0 Å². The molecule has 3 N–H and O–H groups in total. The number of rotatable bonds is 10. The molecule has 0 saturated heterocycles. The van der Waals surface area contributed by atoms with Crippen LogP contribution in [0.1, 0.15) is 71.1 Å². The summed E-state index contributed by atoms with van der Waals surface area (Å²) in [7, 11) is -4.64. The summed E-state index contributed by atoms with van der Waals surface area (Å²) in [5.74, 6) is 0. The summed E-state index contributed by atoms with van der Waals surface area (Å²) in [5, 5.41) is 0. The fraction of sp³-hybridized carbons (Fsp3) is 1.00. The molecule has 18 heavy (non-hydrogen) atoms. The van der Waals surface area contributed by atoms with Crippen LogP contribution in [0, 0.1) is 38.8 Å². The van der Waals surface area contributed by atoms with E-state index in [1.807, 2.05) is 0 Å². The van der Waals surface area contributed by atoms with Crippen LogP contribution in [0.15, 0.2) is 0 Å². The number of phosphoric acid groups is 1. The number of unbranched alkanes of at least 4 members (excludes halogenated alkanes) is 9. The third-order valence-corrected chi connectivity index (χ3v) is 3.66. The zero-order chi connectivity index (χ0) is 14.3. The van der Waals surface area contributed by atoms with E-state index in [2.05, 4.69) is 6.92 Å². The fourth-order valence-electron chi connectivity index (χ4n) is 1.61. The number of hydrogen-bond acceptors (Lipinski definition) is 1. The largest absolute Gasteiger partial charge is 0.466 e. The Morgan fingerprint density at radius 1 is 0.778 bits per heavy atom. The molecule has 0 unspecified atom stereocenters. The summed E-state index contributed by atoms with van der Waals surface area (Å²) in [4.78, 5) is 21.6. The molecule has 0 atom stereocenters. The Balaban J connectivity index is 0. The molecule has 0 heterocycles. The molecule has 0 aliphatic heterocycles. The summed E-state index contributed by atoms with van der Waals surface area (Å²) >= 11 is 1.41. The van der Waals surface area contributed by atoms with E-state index in [0.717, 1.165) is 0 Å². The fourth-order valence-corrected chi connectivity index (χ4v) is 2.41. The van der Waals surface area contributed by atoms with Crippen LogP contribution in [-0.4, -0.2) is 14.7 Å². The van der Waals surface area contributed by atoms with Crippen molar-refractivity contribution in [2.75, 3.05) is 0 Å². The van der Waals surface area contributed by atoms with Gasteiger partial charge in [0.05, 0.1) is 0 Å². The Labute approximate surface area is 138 Å². The van der Waals surface area contributed by atoms with Gasteiger partial charge in [0.25, 0.3) is 0 Å². The van der Waals surface area contributed by atoms with Crippen LogP contribution in [0.3, 0.4) is 0 Å². The normalized spacial score (nSPS) is 10.8. The van der Waals surface area contributed by atoms with Crippen molar-refractivity contribution in [1.82, 2.24) is 0 Å². The molecule has 0 aliphatic carbocycles. The second-order valence-electron chi connectivity index (χ2n) is 4.45. The van der Waals surface area contributed by atoms with Crippen LogP contribution >= 0.6 is 7.82 Å². The monoisotopic (exact) mass is 409 g/mol. The Morgan fingerprint density at radius 3 is 1.33 bits per heavy atom. The quantitative estimate of drug-likeness (QED) is 0.376. The van der Waals surface area contributed by atoms with E-state index in [9.17, 15) is 0 Å². The molecule has 0 aromatic heterocycles. The standard InChI is InChI=1S/C12H25.Nd.H3O4P/c1-3-5-7-9-11-12-10-8-6-4-2;;1-5(2,3)4/h1,3-12H2,2H3;;(H3,1,2,3,4). The summed E-state index contributed by atoms with van der Waals surface area (Å²) in [6, 6.07) is 0. The first-order chi connectivity index (χ1) is 8.41. The van der Waals surface area contributed by atoms with Crippen LogP contribution in [0.2, 0.25) is 2.07 Å². The van der Waals surface area contributed by atoms with Crippen LogP contribution in [0.5, 0.6) is 0 Å². The van der Waals surface area contributed by atoms with Gasteiger partial charge in [-0.25, -0.2) is 4.57 Å². The van der Waals surface area contributed by atoms with E-state index >= 15 is 0 Å². The van der Waals surface area contributed by atoms with Gasteiger partial charge in [0.1, 0.15) is 0 Å². The molecule has 0 aromatic rings. The molecule has 0 bridgehead atoms. The van der Waals surface area contributed by atoms with E-state index in [-0.39, 0.29) is 0 Å². The average Bonchev–Trinajstić information content (AvgIpc) is 2.25. The van der Waals surface area contributed by atoms with Gasteiger partial charge in [-0.15, -0.1) is 0 Å². The van der Waals surface area contributed by atoms with E-state index in [4.69, 9.17) is 19.2 Å². The van der Waals surface area contributed by atoms with Crippen molar-refractivity contribution in [3.05, 3.63) is 0 Å². The van der Waals surface area contributed by atoms with Crippen molar-refractivity contribution in [3.63, 3.8) is 0 Å². The maximum Gasteiger partial charge on any atom is 0.466 e. The third kappa shape index (κ3) is 36.0. The van der Waals surface area contributed by atoms with Gasteiger partial charge in [0, 0.05) is 0 Å². The Bertz CT molecular complexity index is 178. The van der Waals surface area contributed by atoms with Crippen LogP contribution in [-0.2, 0) is 4.57 Å². The van der Waals surface area contributed by atoms with Crippen molar-refractivity contribution in [3.8, 4) is 0 Å². The molecule has 0 radical (unpaired) electrons. The average molecular weight is 412 g/mol. The molecular formula is C12H28NdO4P. The van der Waals surface area contributed by atoms with Crippen molar-refractivity contribution >= 4 is 7.82 Å². The van der Waals surface area contributed by atoms with Crippen molar-refractivity contribution in [2.45, 2.75) is 73.2 Å². The van der Waals surface area contributed by atoms with Gasteiger partial charge in [-0.1, -0.05) is 0 Å². The maximum absolute atomic E-state index is 8.88. The second-order valence-corrected chi connectivity index (χ2v) is 7.08. The molecule has 6 heteroatoms. The smallest absolute Gasteiger partial charge is 0.303 e. The Morgan fingerprint density at radius 2 is 1.06 bits per heavy atom. The first-order valence-electron chi connectivity index (χ1n) is 6.84. The van der Waals surface area contributed by atoms with Gasteiger partial charge in [-0.2, -0.15) is 0 Å². The minimum atomic E-state index is -4.64. The van der Waals surface area contributed by atoms with E-state index < -0.39 is 7.82 Å². The SMILES string of the molecule is CCCCCCCCCCC[CH2][Nd].O=P(O)(O)O. The van der Waals surface area contributed by atoms with Crippen LogP contribution in [0.4, 0.5) is 0 Å². The first kappa shape index (κ1) is 21.8. The van der Waals surface area contributed by atoms with E-state index in [1.54, 1.807) is 0 Å². The maximum atomic E-state index is 8.88. The summed E-state index contributed by atoms with van der Waals surface area (Å²) in [5.41, 5.74) is 0.